The maximum atomic E-state index is 12.6. The van der Waals surface area contributed by atoms with Gasteiger partial charge in [0.1, 0.15) is 5.69 Å². The first-order chi connectivity index (χ1) is 11.9. The highest BCUT2D eigenvalue weighted by molar-refractivity contribution is 5.92. The molecular weight excluding hydrogens is 324 g/mol. The minimum Gasteiger partial charge on any atom is -0.342 e. The lowest BCUT2D eigenvalue weighted by atomic mass is 10.1. The van der Waals surface area contributed by atoms with Crippen molar-refractivity contribution in [2.45, 2.75) is 19.4 Å². The van der Waals surface area contributed by atoms with E-state index in [2.05, 4.69) is 15.3 Å². The molecule has 0 aliphatic carbocycles. The van der Waals surface area contributed by atoms with Gasteiger partial charge in [0.15, 0.2) is 0 Å². The van der Waals surface area contributed by atoms with Crippen LogP contribution < -0.4 is 16.6 Å². The summed E-state index contributed by atoms with van der Waals surface area (Å²) in [6.45, 7) is 1.91. The van der Waals surface area contributed by atoms with Gasteiger partial charge in [-0.2, -0.15) is 0 Å². The molecule has 0 unspecified atom stereocenters. The predicted molar refractivity (Wildman–Crippen MR) is 90.4 cm³/mol. The molecule has 3 rings (SSSR count). The molecule has 9 nitrogen and oxygen atoms in total. The zero-order chi connectivity index (χ0) is 18.1. The van der Waals surface area contributed by atoms with Crippen LogP contribution in [0.5, 0.6) is 0 Å². The summed E-state index contributed by atoms with van der Waals surface area (Å²) in [5, 5.41) is 2.82. The Morgan fingerprint density at radius 1 is 1.28 bits per heavy atom. The van der Waals surface area contributed by atoms with Crippen LogP contribution in [0, 0.1) is 0 Å². The molecule has 9 heteroatoms. The van der Waals surface area contributed by atoms with Crippen molar-refractivity contribution < 1.29 is 4.79 Å². The molecule has 0 aliphatic rings. The average molecular weight is 342 g/mol. The lowest BCUT2D eigenvalue weighted by molar-refractivity contribution is 0.0924. The third-order valence-electron chi connectivity index (χ3n) is 4.08. The van der Waals surface area contributed by atoms with Gasteiger partial charge in [0, 0.05) is 38.8 Å². The number of hydrogen-bond donors (Lipinski definition) is 1. The smallest absolute Gasteiger partial charge is 0.331 e. The number of hydrogen-bond acceptors (Lipinski definition) is 5. The number of amides is 1. The minimum absolute atomic E-state index is 0.00781. The van der Waals surface area contributed by atoms with E-state index < -0.39 is 17.2 Å². The molecule has 0 aromatic carbocycles. The van der Waals surface area contributed by atoms with Crippen LogP contribution in [0.3, 0.4) is 0 Å². The van der Waals surface area contributed by atoms with Gasteiger partial charge in [-0.05, 0) is 12.5 Å². The van der Waals surface area contributed by atoms with E-state index in [4.69, 9.17) is 0 Å². The second-order valence-corrected chi connectivity index (χ2v) is 5.70. The van der Waals surface area contributed by atoms with Crippen LogP contribution in [0.4, 0.5) is 0 Å². The molecular formula is C16H18N6O3. The Bertz CT molecular complexity index is 1030. The Morgan fingerprint density at radius 2 is 2.04 bits per heavy atom. The van der Waals surface area contributed by atoms with Crippen molar-refractivity contribution in [3.05, 3.63) is 62.9 Å². The van der Waals surface area contributed by atoms with Crippen molar-refractivity contribution in [1.82, 2.24) is 28.8 Å². The van der Waals surface area contributed by atoms with Gasteiger partial charge in [-0.25, -0.2) is 14.8 Å². The minimum atomic E-state index is -0.553. The summed E-state index contributed by atoms with van der Waals surface area (Å²) in [6.07, 6.45) is 5.84. The molecule has 0 saturated heterocycles. The zero-order valence-corrected chi connectivity index (χ0v) is 14.1. The number of nitrogens with zero attached hydrogens (tertiary/aromatic N) is 5. The molecule has 3 aromatic rings. The molecule has 1 N–H and O–H groups in total. The van der Waals surface area contributed by atoms with Crippen LogP contribution >= 0.6 is 0 Å². The Morgan fingerprint density at radius 3 is 2.72 bits per heavy atom. The van der Waals surface area contributed by atoms with Crippen LogP contribution in [0.2, 0.25) is 0 Å². The molecule has 1 amide bonds. The predicted octanol–water partition coefficient (Wildman–Crippen LogP) is 0.00780. The van der Waals surface area contributed by atoms with Gasteiger partial charge in [0.05, 0.1) is 11.7 Å². The highest BCUT2D eigenvalue weighted by Crippen LogP contribution is 2.16. The number of rotatable bonds is 4. The summed E-state index contributed by atoms with van der Waals surface area (Å²) in [6, 6.07) is 2.57. The number of imidazole rings is 1. The summed E-state index contributed by atoms with van der Waals surface area (Å²) in [5.41, 5.74) is -0.419. The van der Waals surface area contributed by atoms with Crippen molar-refractivity contribution in [2.24, 2.45) is 14.1 Å². The Hall–Kier alpha value is -3.23. The first kappa shape index (κ1) is 16.6. The Labute approximate surface area is 142 Å². The van der Waals surface area contributed by atoms with Crippen molar-refractivity contribution in [1.29, 1.82) is 0 Å². The maximum absolute atomic E-state index is 12.6. The second kappa shape index (κ2) is 6.34. The lowest BCUT2D eigenvalue weighted by Gasteiger charge is -2.16. The molecule has 0 spiro atoms. The normalized spacial score (nSPS) is 12.3. The van der Waals surface area contributed by atoms with Crippen LogP contribution in [-0.4, -0.2) is 29.4 Å². The van der Waals surface area contributed by atoms with Crippen LogP contribution in [0.15, 0.2) is 40.3 Å². The highest BCUT2D eigenvalue weighted by atomic mass is 16.2. The topological polar surface area (TPSA) is 103 Å². The number of fused-ring (bicyclic) bond motifs is 1. The van der Waals surface area contributed by atoms with Gasteiger partial charge >= 0.3 is 5.69 Å². The standard InChI is InChI=1S/C16H18N6O3/c1-4-10(11-9-22-7-5-6-17-15(22)19-11)18-14(24)12-8-13(23)21(3)16(25)20(12)2/h5-10H,4H2,1-3H3,(H,18,24)/t10-/m1/s1. The van der Waals surface area contributed by atoms with Gasteiger partial charge < -0.3 is 5.32 Å². The quantitative estimate of drug-likeness (QED) is 0.719. The van der Waals surface area contributed by atoms with Gasteiger partial charge in [-0.15, -0.1) is 0 Å². The molecule has 0 saturated carbocycles. The van der Waals surface area contributed by atoms with Crippen LogP contribution in [-0.2, 0) is 14.1 Å². The molecule has 0 fully saturated rings. The first-order valence-corrected chi connectivity index (χ1v) is 7.80. The largest absolute Gasteiger partial charge is 0.342 e. The fourth-order valence-corrected chi connectivity index (χ4v) is 2.58. The lowest BCUT2D eigenvalue weighted by Crippen LogP contribution is -2.41. The molecule has 25 heavy (non-hydrogen) atoms. The number of carbonyl (C=O) groups excluding carboxylic acids is 1. The average Bonchev–Trinajstić information content (AvgIpc) is 3.04. The molecule has 0 bridgehead atoms. The van der Waals surface area contributed by atoms with E-state index in [1.165, 1.54) is 14.1 Å². The molecule has 1 atom stereocenters. The fraction of sp³-hybridized carbons (Fsp3) is 0.312. The highest BCUT2D eigenvalue weighted by Gasteiger charge is 2.20. The SMILES string of the molecule is CC[C@@H](NC(=O)c1cc(=O)n(C)c(=O)n1C)c1cn2cccnc2n1. The van der Waals surface area contributed by atoms with E-state index >= 15 is 0 Å². The summed E-state index contributed by atoms with van der Waals surface area (Å²) in [7, 11) is 2.82. The van der Waals surface area contributed by atoms with E-state index in [9.17, 15) is 14.4 Å². The summed E-state index contributed by atoms with van der Waals surface area (Å²) in [5.74, 6) is 0.0281. The van der Waals surface area contributed by atoms with Crippen molar-refractivity contribution in [3.63, 3.8) is 0 Å². The summed E-state index contributed by atoms with van der Waals surface area (Å²) < 4.78 is 3.86. The Balaban J connectivity index is 1.93. The number of nitrogens with one attached hydrogen (secondary N) is 1. The van der Waals surface area contributed by atoms with Crippen LogP contribution in [0.1, 0.15) is 35.6 Å². The van der Waals surface area contributed by atoms with Crippen molar-refractivity contribution in [3.8, 4) is 0 Å². The van der Waals surface area contributed by atoms with Crippen molar-refractivity contribution in [2.75, 3.05) is 0 Å². The fourth-order valence-electron chi connectivity index (χ4n) is 2.58. The molecule has 3 heterocycles. The van der Waals surface area contributed by atoms with Gasteiger partial charge in [0.2, 0.25) is 5.78 Å². The Kier molecular flexibility index (Phi) is 4.22. The second-order valence-electron chi connectivity index (χ2n) is 5.70. The third-order valence-corrected chi connectivity index (χ3v) is 4.08. The molecule has 3 aromatic heterocycles. The van der Waals surface area contributed by atoms with E-state index in [1.54, 1.807) is 22.9 Å². The molecule has 0 aliphatic heterocycles. The van der Waals surface area contributed by atoms with Crippen LogP contribution in [0.25, 0.3) is 5.78 Å². The van der Waals surface area contributed by atoms with Gasteiger partial charge in [-0.1, -0.05) is 6.92 Å². The maximum Gasteiger partial charge on any atom is 0.331 e. The number of aromatic nitrogens is 5. The number of carbonyl (C=O) groups is 1. The first-order valence-electron chi connectivity index (χ1n) is 7.80. The zero-order valence-electron chi connectivity index (χ0n) is 14.1. The molecule has 0 radical (unpaired) electrons. The van der Waals surface area contributed by atoms with E-state index in [1.807, 2.05) is 13.1 Å². The van der Waals surface area contributed by atoms with Gasteiger partial charge in [0.25, 0.3) is 11.5 Å². The monoisotopic (exact) mass is 342 g/mol. The van der Waals surface area contributed by atoms with E-state index in [0.29, 0.717) is 17.9 Å². The van der Waals surface area contributed by atoms with E-state index in [-0.39, 0.29) is 11.7 Å². The summed E-state index contributed by atoms with van der Waals surface area (Å²) in [4.78, 5) is 44.9. The third kappa shape index (κ3) is 2.95. The molecule has 130 valence electrons. The summed E-state index contributed by atoms with van der Waals surface area (Å²) >= 11 is 0. The van der Waals surface area contributed by atoms with Crippen molar-refractivity contribution >= 4 is 11.7 Å². The van der Waals surface area contributed by atoms with E-state index in [0.717, 1.165) is 15.2 Å². The van der Waals surface area contributed by atoms with Gasteiger partial charge in [-0.3, -0.25) is 23.1 Å².